The van der Waals surface area contributed by atoms with Gasteiger partial charge in [0.2, 0.25) is 5.70 Å². The SMILES string of the molecule is CC/C(=C/c1ccc(F)c(Br)c1)[N+](=O)[O-]. The van der Waals surface area contributed by atoms with Crippen LogP contribution in [0.3, 0.4) is 0 Å². The summed E-state index contributed by atoms with van der Waals surface area (Å²) in [4.78, 5) is 10.1. The van der Waals surface area contributed by atoms with Crippen molar-refractivity contribution in [2.45, 2.75) is 13.3 Å². The summed E-state index contributed by atoms with van der Waals surface area (Å²) in [6.07, 6.45) is 1.77. The van der Waals surface area contributed by atoms with E-state index in [2.05, 4.69) is 15.9 Å². The third-order valence-electron chi connectivity index (χ3n) is 1.87. The molecule has 1 aromatic rings. The Hall–Kier alpha value is -1.23. The van der Waals surface area contributed by atoms with Gasteiger partial charge in [0.15, 0.2) is 0 Å². The minimum Gasteiger partial charge on any atom is -0.259 e. The molecule has 0 fully saturated rings. The van der Waals surface area contributed by atoms with Gasteiger partial charge in [-0.2, -0.15) is 0 Å². The zero-order chi connectivity index (χ0) is 11.4. The molecule has 5 heteroatoms. The largest absolute Gasteiger partial charge is 0.259 e. The maximum atomic E-state index is 12.9. The zero-order valence-electron chi connectivity index (χ0n) is 8.04. The highest BCUT2D eigenvalue weighted by Gasteiger charge is 2.07. The lowest BCUT2D eigenvalue weighted by molar-refractivity contribution is -0.425. The fraction of sp³-hybridized carbons (Fsp3) is 0.200. The molecule has 15 heavy (non-hydrogen) atoms. The molecular formula is C10H9BrFNO2. The van der Waals surface area contributed by atoms with E-state index in [0.29, 0.717) is 16.5 Å². The van der Waals surface area contributed by atoms with E-state index in [1.807, 2.05) is 0 Å². The van der Waals surface area contributed by atoms with Gasteiger partial charge in [0.25, 0.3) is 0 Å². The second-order valence-electron chi connectivity index (χ2n) is 2.92. The van der Waals surface area contributed by atoms with Gasteiger partial charge >= 0.3 is 0 Å². The molecule has 0 heterocycles. The zero-order valence-corrected chi connectivity index (χ0v) is 9.62. The van der Waals surface area contributed by atoms with Crippen LogP contribution in [0.2, 0.25) is 0 Å². The molecule has 0 unspecified atom stereocenters. The molecule has 0 amide bonds. The molecule has 0 aliphatic carbocycles. The van der Waals surface area contributed by atoms with Gasteiger partial charge in [-0.1, -0.05) is 13.0 Å². The molecule has 1 aromatic carbocycles. The van der Waals surface area contributed by atoms with Crippen LogP contribution in [-0.2, 0) is 0 Å². The molecule has 1 rings (SSSR count). The summed E-state index contributed by atoms with van der Waals surface area (Å²) in [5.41, 5.74) is 0.713. The summed E-state index contributed by atoms with van der Waals surface area (Å²) in [5.74, 6) is -0.383. The number of allylic oxidation sites excluding steroid dienone is 1. The highest BCUT2D eigenvalue weighted by atomic mass is 79.9. The number of halogens is 2. The standard InChI is InChI=1S/C10H9BrFNO2/c1-2-8(13(14)15)5-7-3-4-10(12)9(11)6-7/h3-6H,2H2,1H3/b8-5-. The summed E-state index contributed by atoms with van der Waals surface area (Å²) >= 11 is 3.02. The predicted octanol–water partition coefficient (Wildman–Crippen LogP) is 3.62. The Kier molecular flexibility index (Phi) is 3.96. The maximum absolute atomic E-state index is 12.9. The molecule has 0 N–H and O–H groups in total. The van der Waals surface area contributed by atoms with Crippen LogP contribution in [0.4, 0.5) is 4.39 Å². The van der Waals surface area contributed by atoms with Crippen LogP contribution in [0, 0.1) is 15.9 Å². The Labute approximate surface area is 94.9 Å². The second kappa shape index (κ2) is 5.02. The number of nitro groups is 1. The van der Waals surface area contributed by atoms with E-state index in [4.69, 9.17) is 0 Å². The lowest BCUT2D eigenvalue weighted by atomic mass is 10.2. The van der Waals surface area contributed by atoms with Crippen molar-refractivity contribution in [1.82, 2.24) is 0 Å². The number of hydrogen-bond donors (Lipinski definition) is 0. The van der Waals surface area contributed by atoms with Crippen LogP contribution >= 0.6 is 15.9 Å². The molecule has 0 aliphatic heterocycles. The van der Waals surface area contributed by atoms with Crippen molar-refractivity contribution in [2.75, 3.05) is 0 Å². The van der Waals surface area contributed by atoms with Gasteiger partial charge < -0.3 is 0 Å². The van der Waals surface area contributed by atoms with E-state index in [9.17, 15) is 14.5 Å². The Morgan fingerprint density at radius 1 is 1.67 bits per heavy atom. The number of benzene rings is 1. The molecule has 80 valence electrons. The minimum absolute atomic E-state index is 0.105. The molecular weight excluding hydrogens is 265 g/mol. The highest BCUT2D eigenvalue weighted by Crippen LogP contribution is 2.19. The first-order valence-corrected chi connectivity index (χ1v) is 5.14. The van der Waals surface area contributed by atoms with Crippen molar-refractivity contribution >= 4 is 22.0 Å². The normalized spacial score (nSPS) is 11.5. The number of hydrogen-bond acceptors (Lipinski definition) is 2. The van der Waals surface area contributed by atoms with Crippen molar-refractivity contribution in [1.29, 1.82) is 0 Å². The Morgan fingerprint density at radius 3 is 2.80 bits per heavy atom. The average molecular weight is 274 g/mol. The molecule has 0 radical (unpaired) electrons. The van der Waals surface area contributed by atoms with Gasteiger partial charge in [-0.25, -0.2) is 4.39 Å². The summed E-state index contributed by atoms with van der Waals surface area (Å²) < 4.78 is 13.2. The van der Waals surface area contributed by atoms with E-state index >= 15 is 0 Å². The fourth-order valence-corrected chi connectivity index (χ4v) is 1.47. The van der Waals surface area contributed by atoms with Crippen LogP contribution < -0.4 is 0 Å². The Morgan fingerprint density at radius 2 is 2.33 bits per heavy atom. The van der Waals surface area contributed by atoms with E-state index in [1.165, 1.54) is 24.3 Å². The first-order chi connectivity index (χ1) is 7.04. The van der Waals surface area contributed by atoms with Gasteiger partial charge in [0.1, 0.15) is 5.82 Å². The van der Waals surface area contributed by atoms with Crippen LogP contribution in [0.1, 0.15) is 18.9 Å². The molecule has 0 atom stereocenters. The van der Waals surface area contributed by atoms with Crippen LogP contribution in [0.25, 0.3) is 6.08 Å². The molecule has 0 bridgehead atoms. The van der Waals surface area contributed by atoms with Crippen molar-refractivity contribution in [3.63, 3.8) is 0 Å². The van der Waals surface area contributed by atoms with E-state index < -0.39 is 4.92 Å². The lowest BCUT2D eigenvalue weighted by Gasteiger charge is -1.98. The van der Waals surface area contributed by atoms with Crippen molar-refractivity contribution < 1.29 is 9.31 Å². The van der Waals surface area contributed by atoms with Crippen molar-refractivity contribution in [3.05, 3.63) is 49.9 Å². The summed E-state index contributed by atoms with van der Waals surface area (Å²) in [6, 6.07) is 4.27. The fourth-order valence-electron chi connectivity index (χ4n) is 1.08. The van der Waals surface area contributed by atoms with Crippen LogP contribution in [0.15, 0.2) is 28.4 Å². The quantitative estimate of drug-likeness (QED) is 0.624. The first kappa shape index (κ1) is 11.8. The lowest BCUT2D eigenvalue weighted by Crippen LogP contribution is -1.96. The average Bonchev–Trinajstić information content (AvgIpc) is 2.19. The van der Waals surface area contributed by atoms with Crippen molar-refractivity contribution in [2.24, 2.45) is 0 Å². The predicted molar refractivity (Wildman–Crippen MR) is 59.4 cm³/mol. The van der Waals surface area contributed by atoms with Gasteiger partial charge in [0.05, 0.1) is 9.40 Å². The third kappa shape index (κ3) is 3.13. The topological polar surface area (TPSA) is 43.1 Å². The summed E-state index contributed by atoms with van der Waals surface area (Å²) in [6.45, 7) is 1.70. The summed E-state index contributed by atoms with van der Waals surface area (Å²) in [7, 11) is 0. The smallest absolute Gasteiger partial charge is 0.246 e. The summed E-state index contributed by atoms with van der Waals surface area (Å²) in [5, 5.41) is 10.5. The molecule has 0 aliphatic rings. The first-order valence-electron chi connectivity index (χ1n) is 4.34. The van der Waals surface area contributed by atoms with Gasteiger partial charge in [-0.3, -0.25) is 10.1 Å². The van der Waals surface area contributed by atoms with Crippen LogP contribution in [0.5, 0.6) is 0 Å². The molecule has 0 saturated heterocycles. The van der Waals surface area contributed by atoms with Gasteiger partial charge in [-0.05, 0) is 33.6 Å². The van der Waals surface area contributed by atoms with Crippen LogP contribution in [-0.4, -0.2) is 4.92 Å². The van der Waals surface area contributed by atoms with E-state index in [0.717, 1.165) is 0 Å². The Bertz CT molecular complexity index is 418. The van der Waals surface area contributed by atoms with Crippen molar-refractivity contribution in [3.8, 4) is 0 Å². The monoisotopic (exact) mass is 273 g/mol. The Balaban J connectivity index is 3.07. The second-order valence-corrected chi connectivity index (χ2v) is 3.77. The molecule has 0 aromatic heterocycles. The maximum Gasteiger partial charge on any atom is 0.246 e. The molecule has 0 spiro atoms. The molecule has 0 saturated carbocycles. The van der Waals surface area contributed by atoms with E-state index in [1.54, 1.807) is 6.92 Å². The van der Waals surface area contributed by atoms with Gasteiger partial charge in [0, 0.05) is 12.5 Å². The third-order valence-corrected chi connectivity index (χ3v) is 2.48. The van der Waals surface area contributed by atoms with E-state index in [-0.39, 0.29) is 11.5 Å². The molecule has 3 nitrogen and oxygen atoms in total. The number of rotatable bonds is 3. The highest BCUT2D eigenvalue weighted by molar-refractivity contribution is 9.10. The minimum atomic E-state index is -0.433. The number of nitrogens with zero attached hydrogens (tertiary/aromatic N) is 1. The van der Waals surface area contributed by atoms with Gasteiger partial charge in [-0.15, -0.1) is 0 Å².